The molecule has 0 aliphatic rings. The number of benzene rings is 2. The highest BCUT2D eigenvalue weighted by molar-refractivity contribution is 5.95. The van der Waals surface area contributed by atoms with Gasteiger partial charge in [0.1, 0.15) is 11.5 Å². The number of anilines is 1. The third kappa shape index (κ3) is 3.75. The summed E-state index contributed by atoms with van der Waals surface area (Å²) in [6.45, 7) is 5.41. The van der Waals surface area contributed by atoms with Gasteiger partial charge in [-0.3, -0.25) is 4.79 Å². The van der Waals surface area contributed by atoms with Crippen LogP contribution < -0.4 is 10.1 Å². The SMILES string of the molecule is Cc1cccc(OC(C)C(=O)Nc2cccc(C)c2O)c1. The number of phenols is 1. The number of ether oxygens (including phenoxy) is 1. The van der Waals surface area contributed by atoms with Crippen molar-refractivity contribution in [3.8, 4) is 11.5 Å². The van der Waals surface area contributed by atoms with Crippen LogP contribution in [-0.4, -0.2) is 17.1 Å². The number of rotatable bonds is 4. The van der Waals surface area contributed by atoms with Gasteiger partial charge in [0.25, 0.3) is 5.91 Å². The van der Waals surface area contributed by atoms with E-state index in [0.29, 0.717) is 17.0 Å². The minimum Gasteiger partial charge on any atom is -0.505 e. The zero-order chi connectivity index (χ0) is 15.4. The van der Waals surface area contributed by atoms with E-state index in [1.807, 2.05) is 25.1 Å². The summed E-state index contributed by atoms with van der Waals surface area (Å²) in [6, 6.07) is 12.7. The second kappa shape index (κ2) is 6.31. The van der Waals surface area contributed by atoms with Crippen molar-refractivity contribution in [3.05, 3.63) is 53.6 Å². The average Bonchev–Trinajstić information content (AvgIpc) is 2.44. The Morgan fingerprint density at radius 2 is 1.90 bits per heavy atom. The molecule has 2 aromatic carbocycles. The molecule has 0 aliphatic carbocycles. The molecule has 0 saturated heterocycles. The van der Waals surface area contributed by atoms with Gasteiger partial charge >= 0.3 is 0 Å². The van der Waals surface area contributed by atoms with Crippen LogP contribution in [0.4, 0.5) is 5.69 Å². The predicted molar refractivity (Wildman–Crippen MR) is 82.7 cm³/mol. The molecule has 2 aromatic rings. The first-order valence-corrected chi connectivity index (χ1v) is 6.80. The largest absolute Gasteiger partial charge is 0.505 e. The Kier molecular flexibility index (Phi) is 4.48. The normalized spacial score (nSPS) is 11.8. The number of phenolic OH excluding ortho intramolecular Hbond substituents is 1. The molecule has 0 fully saturated rings. The molecular formula is C17H19NO3. The zero-order valence-corrected chi connectivity index (χ0v) is 12.4. The molecule has 2 N–H and O–H groups in total. The summed E-state index contributed by atoms with van der Waals surface area (Å²) in [6.07, 6.45) is -0.660. The summed E-state index contributed by atoms with van der Waals surface area (Å²) in [5.41, 5.74) is 2.16. The van der Waals surface area contributed by atoms with E-state index in [1.54, 1.807) is 38.1 Å². The van der Waals surface area contributed by atoms with Crippen LogP contribution in [0.1, 0.15) is 18.1 Å². The van der Waals surface area contributed by atoms with E-state index < -0.39 is 6.10 Å². The lowest BCUT2D eigenvalue weighted by Crippen LogP contribution is -2.30. The second-order valence-corrected chi connectivity index (χ2v) is 5.04. The molecule has 0 spiro atoms. The number of para-hydroxylation sites is 1. The van der Waals surface area contributed by atoms with Gasteiger partial charge in [0.2, 0.25) is 0 Å². The summed E-state index contributed by atoms with van der Waals surface area (Å²) >= 11 is 0. The highest BCUT2D eigenvalue weighted by Gasteiger charge is 2.16. The smallest absolute Gasteiger partial charge is 0.265 e. The lowest BCUT2D eigenvalue weighted by atomic mass is 10.2. The topological polar surface area (TPSA) is 58.6 Å². The van der Waals surface area contributed by atoms with Crippen molar-refractivity contribution >= 4 is 11.6 Å². The van der Waals surface area contributed by atoms with Crippen molar-refractivity contribution in [2.24, 2.45) is 0 Å². The van der Waals surface area contributed by atoms with Crippen LogP contribution in [0.25, 0.3) is 0 Å². The van der Waals surface area contributed by atoms with Crippen molar-refractivity contribution < 1.29 is 14.6 Å². The maximum atomic E-state index is 12.1. The van der Waals surface area contributed by atoms with Gasteiger partial charge in [-0.05, 0) is 50.1 Å². The second-order valence-electron chi connectivity index (χ2n) is 5.04. The van der Waals surface area contributed by atoms with Crippen molar-refractivity contribution in [3.63, 3.8) is 0 Å². The highest BCUT2D eigenvalue weighted by atomic mass is 16.5. The summed E-state index contributed by atoms with van der Waals surface area (Å²) in [4.78, 5) is 12.1. The van der Waals surface area contributed by atoms with Gasteiger partial charge in [-0.25, -0.2) is 0 Å². The molecule has 4 nitrogen and oxygen atoms in total. The van der Waals surface area contributed by atoms with Crippen LogP contribution in [0.15, 0.2) is 42.5 Å². The Hall–Kier alpha value is -2.49. The number of carbonyl (C=O) groups excluding carboxylic acids is 1. The maximum absolute atomic E-state index is 12.1. The van der Waals surface area contributed by atoms with Crippen LogP contribution in [0.2, 0.25) is 0 Å². The Balaban J connectivity index is 2.04. The summed E-state index contributed by atoms with van der Waals surface area (Å²) in [5, 5.41) is 12.6. The van der Waals surface area contributed by atoms with Crippen LogP contribution in [-0.2, 0) is 4.79 Å². The standard InChI is InChI=1S/C17H19NO3/c1-11-6-4-8-14(10-11)21-13(3)17(20)18-15-9-5-7-12(2)16(15)19/h4-10,13,19H,1-3H3,(H,18,20). The molecular weight excluding hydrogens is 266 g/mol. The van der Waals surface area contributed by atoms with E-state index in [-0.39, 0.29) is 11.7 Å². The lowest BCUT2D eigenvalue weighted by Gasteiger charge is -2.16. The van der Waals surface area contributed by atoms with Crippen LogP contribution in [0.5, 0.6) is 11.5 Å². The summed E-state index contributed by atoms with van der Waals surface area (Å²) in [7, 11) is 0. The van der Waals surface area contributed by atoms with E-state index in [4.69, 9.17) is 4.74 Å². The van der Waals surface area contributed by atoms with E-state index in [9.17, 15) is 9.90 Å². The molecule has 0 bridgehead atoms. The molecule has 2 rings (SSSR count). The van der Waals surface area contributed by atoms with Gasteiger partial charge in [0.15, 0.2) is 6.10 Å². The van der Waals surface area contributed by atoms with Crippen molar-refractivity contribution in [2.45, 2.75) is 26.9 Å². The molecule has 0 heterocycles. The van der Waals surface area contributed by atoms with Gasteiger partial charge in [-0.15, -0.1) is 0 Å². The molecule has 0 saturated carbocycles. The highest BCUT2D eigenvalue weighted by Crippen LogP contribution is 2.26. The molecule has 21 heavy (non-hydrogen) atoms. The van der Waals surface area contributed by atoms with Gasteiger partial charge in [-0.2, -0.15) is 0 Å². The van der Waals surface area contributed by atoms with E-state index >= 15 is 0 Å². The maximum Gasteiger partial charge on any atom is 0.265 e. The first kappa shape index (κ1) is 14.9. The number of aromatic hydroxyl groups is 1. The predicted octanol–water partition coefficient (Wildman–Crippen LogP) is 3.42. The lowest BCUT2D eigenvalue weighted by molar-refractivity contribution is -0.122. The number of amides is 1. The Morgan fingerprint density at radius 1 is 1.19 bits per heavy atom. The zero-order valence-electron chi connectivity index (χ0n) is 12.4. The fraction of sp³-hybridized carbons (Fsp3) is 0.235. The molecule has 1 atom stereocenters. The van der Waals surface area contributed by atoms with Crippen LogP contribution in [0.3, 0.4) is 0 Å². The number of hydrogen-bond donors (Lipinski definition) is 2. The first-order chi connectivity index (χ1) is 9.97. The minimum atomic E-state index is -0.660. The van der Waals surface area contributed by atoms with Crippen LogP contribution in [0, 0.1) is 13.8 Å². The third-order valence-electron chi connectivity index (χ3n) is 3.17. The molecule has 1 amide bonds. The fourth-order valence-electron chi connectivity index (χ4n) is 1.94. The fourth-order valence-corrected chi connectivity index (χ4v) is 1.94. The molecule has 0 aliphatic heterocycles. The molecule has 110 valence electrons. The minimum absolute atomic E-state index is 0.0774. The average molecular weight is 285 g/mol. The van der Waals surface area contributed by atoms with E-state index in [0.717, 1.165) is 5.56 Å². The number of aryl methyl sites for hydroxylation is 2. The van der Waals surface area contributed by atoms with Crippen molar-refractivity contribution in [1.29, 1.82) is 0 Å². The van der Waals surface area contributed by atoms with Gasteiger partial charge < -0.3 is 15.2 Å². The van der Waals surface area contributed by atoms with E-state index in [2.05, 4.69) is 5.32 Å². The number of hydrogen-bond acceptors (Lipinski definition) is 3. The monoisotopic (exact) mass is 285 g/mol. The number of carbonyl (C=O) groups is 1. The Bertz CT molecular complexity index is 652. The quantitative estimate of drug-likeness (QED) is 0.846. The van der Waals surface area contributed by atoms with E-state index in [1.165, 1.54) is 0 Å². The summed E-state index contributed by atoms with van der Waals surface area (Å²) < 4.78 is 5.61. The van der Waals surface area contributed by atoms with Crippen molar-refractivity contribution in [1.82, 2.24) is 0 Å². The van der Waals surface area contributed by atoms with Gasteiger partial charge in [0.05, 0.1) is 5.69 Å². The molecule has 0 radical (unpaired) electrons. The Morgan fingerprint density at radius 3 is 2.62 bits per heavy atom. The first-order valence-electron chi connectivity index (χ1n) is 6.80. The Labute approximate surface area is 124 Å². The van der Waals surface area contributed by atoms with Crippen molar-refractivity contribution in [2.75, 3.05) is 5.32 Å². The number of nitrogens with one attached hydrogen (secondary N) is 1. The van der Waals surface area contributed by atoms with Gasteiger partial charge in [-0.1, -0.05) is 24.3 Å². The third-order valence-corrected chi connectivity index (χ3v) is 3.17. The molecule has 0 aromatic heterocycles. The molecule has 4 heteroatoms. The van der Waals surface area contributed by atoms with Gasteiger partial charge in [0, 0.05) is 0 Å². The molecule has 1 unspecified atom stereocenters. The summed E-state index contributed by atoms with van der Waals surface area (Å²) in [5.74, 6) is 0.414. The van der Waals surface area contributed by atoms with Crippen LogP contribution >= 0.6 is 0 Å².